The van der Waals surface area contributed by atoms with Crippen LogP contribution in [0.5, 0.6) is 0 Å². The number of esters is 1. The molecule has 2 unspecified atom stereocenters. The minimum Gasteiger partial charge on any atom is -0.466 e. The number of aliphatic hydroxyl groups is 2. The van der Waals surface area contributed by atoms with E-state index in [0.717, 1.165) is 57.8 Å². The lowest BCUT2D eigenvalue weighted by Gasteiger charge is -2.20. The van der Waals surface area contributed by atoms with Crippen LogP contribution < -0.4 is 5.32 Å². The molecule has 0 aromatic rings. The molecule has 0 radical (unpaired) electrons. The number of carbonyl (C=O) groups excluding carboxylic acids is 2. The molecule has 1 amide bonds. The molecule has 386 valence electrons. The molecule has 0 aromatic carbocycles. The average Bonchev–Trinajstić information content (AvgIpc) is 3.31. The van der Waals surface area contributed by atoms with Crippen LogP contribution in [0.2, 0.25) is 0 Å². The monoisotopic (exact) mass is 918 g/mol. The summed E-state index contributed by atoms with van der Waals surface area (Å²) in [6.45, 7) is 4.90. The summed E-state index contributed by atoms with van der Waals surface area (Å²) in [5, 5.41) is 23.2. The Morgan fingerprint density at radius 3 is 1.05 bits per heavy atom. The van der Waals surface area contributed by atoms with E-state index >= 15 is 0 Å². The molecule has 0 fully saturated rings. The van der Waals surface area contributed by atoms with Gasteiger partial charge < -0.3 is 20.3 Å². The van der Waals surface area contributed by atoms with Crippen LogP contribution in [-0.4, -0.2) is 47.4 Å². The van der Waals surface area contributed by atoms with Crippen molar-refractivity contribution in [3.05, 3.63) is 12.2 Å². The van der Waals surface area contributed by atoms with Gasteiger partial charge in [-0.1, -0.05) is 296 Å². The van der Waals surface area contributed by atoms with E-state index in [1.807, 2.05) is 6.08 Å². The van der Waals surface area contributed by atoms with Crippen LogP contribution in [0.15, 0.2) is 12.2 Å². The molecule has 65 heavy (non-hydrogen) atoms. The average molecular weight is 919 g/mol. The van der Waals surface area contributed by atoms with Gasteiger partial charge >= 0.3 is 5.97 Å². The van der Waals surface area contributed by atoms with Gasteiger partial charge in [-0.2, -0.15) is 0 Å². The van der Waals surface area contributed by atoms with Crippen molar-refractivity contribution in [3.63, 3.8) is 0 Å². The minimum atomic E-state index is -0.851. The van der Waals surface area contributed by atoms with Crippen LogP contribution in [0.1, 0.15) is 328 Å². The summed E-state index contributed by atoms with van der Waals surface area (Å²) < 4.78 is 5.45. The van der Waals surface area contributed by atoms with Crippen LogP contribution in [0.3, 0.4) is 0 Å². The van der Waals surface area contributed by atoms with Gasteiger partial charge in [-0.05, 0) is 32.1 Å². The van der Waals surface area contributed by atoms with E-state index in [0.29, 0.717) is 19.4 Å². The summed E-state index contributed by atoms with van der Waals surface area (Å²) in [6.07, 6.45) is 65.2. The Kier molecular flexibility index (Phi) is 54.0. The van der Waals surface area contributed by atoms with E-state index in [4.69, 9.17) is 4.74 Å². The summed E-state index contributed by atoms with van der Waals surface area (Å²) in [5.74, 6) is -0.0776. The van der Waals surface area contributed by atoms with Gasteiger partial charge in [0.15, 0.2) is 0 Å². The van der Waals surface area contributed by atoms with E-state index in [9.17, 15) is 19.8 Å². The smallest absolute Gasteiger partial charge is 0.305 e. The Morgan fingerprint density at radius 1 is 0.415 bits per heavy atom. The lowest BCUT2D eigenvalue weighted by Crippen LogP contribution is -2.45. The molecule has 6 heteroatoms. The molecule has 0 spiro atoms. The maximum absolute atomic E-state index is 12.5. The number of amides is 1. The van der Waals surface area contributed by atoms with E-state index in [1.54, 1.807) is 6.08 Å². The lowest BCUT2D eigenvalue weighted by molar-refractivity contribution is -0.143. The van der Waals surface area contributed by atoms with Gasteiger partial charge in [0, 0.05) is 12.8 Å². The molecule has 3 N–H and O–H groups in total. The quantitative estimate of drug-likeness (QED) is 0.0321. The third kappa shape index (κ3) is 51.8. The van der Waals surface area contributed by atoms with Gasteiger partial charge in [0.1, 0.15) is 0 Å². The maximum Gasteiger partial charge on any atom is 0.305 e. The number of allylic oxidation sites excluding steroid dienone is 1. The van der Waals surface area contributed by atoms with E-state index in [2.05, 4.69) is 19.2 Å². The molecule has 2 atom stereocenters. The van der Waals surface area contributed by atoms with Crippen molar-refractivity contribution in [2.24, 2.45) is 0 Å². The number of hydrogen-bond acceptors (Lipinski definition) is 5. The van der Waals surface area contributed by atoms with Gasteiger partial charge in [0.2, 0.25) is 5.91 Å². The molecule has 6 nitrogen and oxygen atoms in total. The fourth-order valence-corrected chi connectivity index (χ4v) is 9.28. The van der Waals surface area contributed by atoms with Crippen molar-refractivity contribution < 1.29 is 24.5 Å². The van der Waals surface area contributed by atoms with E-state index in [1.165, 1.54) is 244 Å². The molecule has 0 saturated heterocycles. The summed E-state index contributed by atoms with van der Waals surface area (Å²) >= 11 is 0. The van der Waals surface area contributed by atoms with Crippen molar-refractivity contribution >= 4 is 11.9 Å². The van der Waals surface area contributed by atoms with Crippen LogP contribution in [0.25, 0.3) is 0 Å². The Hall–Kier alpha value is -1.40. The summed E-state index contributed by atoms with van der Waals surface area (Å²) in [5.41, 5.74) is 0. The topological polar surface area (TPSA) is 95.9 Å². The fraction of sp³-hybridized carbons (Fsp3) is 0.932. The molecule has 0 rings (SSSR count). The highest BCUT2D eigenvalue weighted by molar-refractivity contribution is 5.76. The predicted octanol–water partition coefficient (Wildman–Crippen LogP) is 18.1. The number of ether oxygens (including phenoxy) is 1. The first kappa shape index (κ1) is 63.6. The molecule has 0 bridgehead atoms. The second kappa shape index (κ2) is 55.2. The zero-order valence-electron chi connectivity index (χ0n) is 44.0. The molecule has 0 aromatic heterocycles. The first-order chi connectivity index (χ1) is 32.0. The number of unbranched alkanes of at least 4 members (excludes halogenated alkanes) is 44. The van der Waals surface area contributed by atoms with Gasteiger partial charge in [0.25, 0.3) is 0 Å². The predicted molar refractivity (Wildman–Crippen MR) is 283 cm³/mol. The molecular formula is C59H115NO5. The fourth-order valence-electron chi connectivity index (χ4n) is 9.28. The lowest BCUT2D eigenvalue weighted by atomic mass is 10.0. The maximum atomic E-state index is 12.5. The van der Waals surface area contributed by atoms with Crippen molar-refractivity contribution in [2.45, 2.75) is 341 Å². The Balaban J connectivity index is 3.47. The Morgan fingerprint density at radius 2 is 0.708 bits per heavy atom. The SMILES string of the molecule is CCCCCCCCCCCCCCCCCCCCCCC/C=C/C(O)C(CO)NC(=O)CCCCCCCCCCCCCCCCOC(=O)CCCCCCCCCCCCC. The number of aliphatic hydroxyl groups excluding tert-OH is 2. The van der Waals surface area contributed by atoms with Crippen molar-refractivity contribution in [2.75, 3.05) is 13.2 Å². The Labute approximate surface area is 406 Å². The largest absolute Gasteiger partial charge is 0.466 e. The second-order valence-corrected chi connectivity index (χ2v) is 20.3. The first-order valence-electron chi connectivity index (χ1n) is 29.5. The number of rotatable bonds is 55. The highest BCUT2D eigenvalue weighted by Gasteiger charge is 2.18. The van der Waals surface area contributed by atoms with E-state index in [-0.39, 0.29) is 18.5 Å². The van der Waals surface area contributed by atoms with Crippen molar-refractivity contribution in [1.82, 2.24) is 5.32 Å². The first-order valence-corrected chi connectivity index (χ1v) is 29.5. The van der Waals surface area contributed by atoms with Crippen LogP contribution in [-0.2, 0) is 14.3 Å². The molecule has 0 aliphatic heterocycles. The van der Waals surface area contributed by atoms with Crippen LogP contribution in [0.4, 0.5) is 0 Å². The number of hydrogen-bond donors (Lipinski definition) is 3. The Bertz CT molecular complexity index is 970. The summed E-state index contributed by atoms with van der Waals surface area (Å²) in [6, 6.07) is -0.635. The third-order valence-corrected chi connectivity index (χ3v) is 13.8. The number of nitrogens with one attached hydrogen (secondary N) is 1. The van der Waals surface area contributed by atoms with Gasteiger partial charge in [-0.25, -0.2) is 0 Å². The van der Waals surface area contributed by atoms with Gasteiger partial charge in [0.05, 0.1) is 25.4 Å². The molecule has 0 aliphatic carbocycles. The minimum absolute atomic E-state index is 0.00289. The highest BCUT2D eigenvalue weighted by Crippen LogP contribution is 2.18. The van der Waals surface area contributed by atoms with Gasteiger partial charge in [-0.15, -0.1) is 0 Å². The van der Waals surface area contributed by atoms with Crippen LogP contribution in [0, 0.1) is 0 Å². The van der Waals surface area contributed by atoms with Gasteiger partial charge in [-0.3, -0.25) is 9.59 Å². The molecule has 0 saturated carbocycles. The zero-order valence-corrected chi connectivity index (χ0v) is 44.0. The standard InChI is InChI=1S/C59H115NO5/c1-3-5-7-9-11-13-15-16-17-18-19-20-21-22-23-24-25-28-32-35-39-43-47-51-57(62)56(55-61)60-58(63)52-48-44-40-36-33-29-26-27-30-34-38-42-46-50-54-65-59(64)53-49-45-41-37-31-14-12-10-8-6-4-2/h47,51,56-57,61-62H,3-46,48-50,52-55H2,1-2H3,(H,60,63)/b51-47+. The molecule has 0 aliphatic rings. The zero-order chi connectivity index (χ0) is 47.2. The van der Waals surface area contributed by atoms with E-state index < -0.39 is 12.1 Å². The normalized spacial score (nSPS) is 12.6. The highest BCUT2D eigenvalue weighted by atomic mass is 16.5. The third-order valence-electron chi connectivity index (χ3n) is 13.8. The summed E-state index contributed by atoms with van der Waals surface area (Å²) in [4.78, 5) is 24.5. The molecular weight excluding hydrogens is 803 g/mol. The second-order valence-electron chi connectivity index (χ2n) is 20.3. The number of carbonyl (C=O) groups is 2. The van der Waals surface area contributed by atoms with Crippen molar-refractivity contribution in [3.8, 4) is 0 Å². The molecule has 0 heterocycles. The summed E-state index contributed by atoms with van der Waals surface area (Å²) in [7, 11) is 0. The van der Waals surface area contributed by atoms with Crippen LogP contribution >= 0.6 is 0 Å². The van der Waals surface area contributed by atoms with Crippen molar-refractivity contribution in [1.29, 1.82) is 0 Å².